The van der Waals surface area contributed by atoms with Crippen LogP contribution in [-0.4, -0.2) is 23.1 Å². The van der Waals surface area contributed by atoms with Crippen molar-refractivity contribution >= 4 is 33.2 Å². The van der Waals surface area contributed by atoms with Crippen molar-refractivity contribution in [2.45, 2.75) is 20.3 Å². The monoisotopic (exact) mass is 419 g/mol. The van der Waals surface area contributed by atoms with Gasteiger partial charge in [0.25, 0.3) is 11.6 Å². The molecule has 0 radical (unpaired) electrons. The van der Waals surface area contributed by atoms with E-state index in [-0.39, 0.29) is 12.3 Å². The van der Waals surface area contributed by atoms with E-state index in [9.17, 15) is 14.9 Å². The number of aryl methyl sites for hydroxylation is 1. The number of nitrogens with zero attached hydrogens (tertiary/aromatic N) is 2. The fourth-order valence-electron chi connectivity index (χ4n) is 2.09. The van der Waals surface area contributed by atoms with Crippen LogP contribution in [0.5, 0.6) is 5.75 Å². The lowest BCUT2D eigenvalue weighted by molar-refractivity contribution is -0.384. The molecule has 0 bridgehead atoms. The molecular weight excluding hydrogens is 402 g/mol. The third kappa shape index (κ3) is 5.38. The Labute approximate surface area is 159 Å². The van der Waals surface area contributed by atoms with Crippen LogP contribution in [0.1, 0.15) is 25.0 Å². The second kappa shape index (κ2) is 9.10. The number of nitro benzene ring substituents is 1. The van der Waals surface area contributed by atoms with Gasteiger partial charge in [-0.25, -0.2) is 5.43 Å². The zero-order valence-electron chi connectivity index (χ0n) is 14.4. The lowest BCUT2D eigenvalue weighted by Gasteiger charge is -2.07. The number of hydrazone groups is 1. The van der Waals surface area contributed by atoms with Crippen LogP contribution in [0, 0.1) is 10.1 Å². The average Bonchev–Trinajstić information content (AvgIpc) is 2.65. The molecule has 2 rings (SSSR count). The van der Waals surface area contributed by atoms with E-state index in [4.69, 9.17) is 4.74 Å². The molecule has 1 N–H and O–H groups in total. The molecule has 136 valence electrons. The minimum atomic E-state index is -0.508. The van der Waals surface area contributed by atoms with Crippen LogP contribution in [0.2, 0.25) is 0 Å². The molecule has 0 aliphatic heterocycles. The molecule has 2 aromatic carbocycles. The Hall–Kier alpha value is -2.74. The molecule has 0 aromatic heterocycles. The smallest absolute Gasteiger partial charge is 0.277 e. The van der Waals surface area contributed by atoms with Gasteiger partial charge in [-0.15, -0.1) is 0 Å². The van der Waals surface area contributed by atoms with Gasteiger partial charge in [0.1, 0.15) is 5.75 Å². The summed E-state index contributed by atoms with van der Waals surface area (Å²) >= 11 is 3.18. The van der Waals surface area contributed by atoms with Gasteiger partial charge >= 0.3 is 0 Å². The number of carbonyl (C=O) groups excluding carboxylic acids is 1. The van der Waals surface area contributed by atoms with Gasteiger partial charge in [0.15, 0.2) is 6.61 Å². The Morgan fingerprint density at radius 3 is 2.54 bits per heavy atom. The normalized spacial score (nSPS) is 11.1. The number of halogens is 1. The Kier molecular flexibility index (Phi) is 6.85. The van der Waals surface area contributed by atoms with Crippen LogP contribution in [0.15, 0.2) is 52.0 Å². The van der Waals surface area contributed by atoms with E-state index < -0.39 is 10.8 Å². The summed E-state index contributed by atoms with van der Waals surface area (Å²) in [5.41, 5.74) is 5.19. The number of nitro groups is 1. The van der Waals surface area contributed by atoms with Crippen molar-refractivity contribution in [3.05, 3.63) is 68.2 Å². The summed E-state index contributed by atoms with van der Waals surface area (Å²) in [5, 5.41) is 14.8. The quantitative estimate of drug-likeness (QED) is 0.419. The summed E-state index contributed by atoms with van der Waals surface area (Å²) in [4.78, 5) is 22.1. The van der Waals surface area contributed by atoms with Gasteiger partial charge in [0.05, 0.1) is 15.1 Å². The van der Waals surface area contributed by atoms with Gasteiger partial charge in [-0.1, -0.05) is 31.2 Å². The van der Waals surface area contributed by atoms with Crippen molar-refractivity contribution in [2.75, 3.05) is 6.61 Å². The van der Waals surface area contributed by atoms with E-state index in [1.165, 1.54) is 23.8 Å². The Bertz CT molecular complexity index is 835. The molecule has 0 fully saturated rings. The maximum Gasteiger partial charge on any atom is 0.277 e. The van der Waals surface area contributed by atoms with E-state index in [0.717, 1.165) is 12.0 Å². The van der Waals surface area contributed by atoms with E-state index in [0.29, 0.717) is 15.9 Å². The summed E-state index contributed by atoms with van der Waals surface area (Å²) < 4.78 is 5.75. The highest BCUT2D eigenvalue weighted by Crippen LogP contribution is 2.28. The molecule has 2 aromatic rings. The summed E-state index contributed by atoms with van der Waals surface area (Å²) in [7, 11) is 0. The third-order valence-corrected chi connectivity index (χ3v) is 4.23. The average molecular weight is 420 g/mol. The maximum absolute atomic E-state index is 11.9. The number of benzene rings is 2. The Balaban J connectivity index is 1.91. The second-order valence-electron chi connectivity index (χ2n) is 5.44. The standard InChI is InChI=1S/C18H18BrN3O4/c1-3-13-4-6-14(7-5-13)12(2)20-21-18(23)11-26-17-9-8-15(22(24)25)10-16(17)19/h4-10H,3,11H2,1-2H3,(H,21,23)/b20-12-. The number of nitrogens with one attached hydrogen (secondary N) is 1. The van der Waals surface area contributed by atoms with Crippen molar-refractivity contribution in [1.29, 1.82) is 0 Å². The number of ether oxygens (including phenoxy) is 1. The highest BCUT2D eigenvalue weighted by molar-refractivity contribution is 9.10. The minimum absolute atomic E-state index is 0.0667. The molecular formula is C18H18BrN3O4. The summed E-state index contributed by atoms with van der Waals surface area (Å²) in [6, 6.07) is 12.0. The topological polar surface area (TPSA) is 93.8 Å². The van der Waals surface area contributed by atoms with Gasteiger partial charge < -0.3 is 4.74 Å². The van der Waals surface area contributed by atoms with E-state index in [1.54, 1.807) is 6.92 Å². The van der Waals surface area contributed by atoms with Crippen molar-refractivity contribution in [3.8, 4) is 5.75 Å². The highest BCUT2D eigenvalue weighted by atomic mass is 79.9. The SMILES string of the molecule is CCc1ccc(/C(C)=N\NC(=O)COc2ccc([N+](=O)[O-])cc2Br)cc1. The highest BCUT2D eigenvalue weighted by Gasteiger charge is 2.11. The lowest BCUT2D eigenvalue weighted by Crippen LogP contribution is -2.25. The van der Waals surface area contributed by atoms with Crippen LogP contribution in [0.3, 0.4) is 0 Å². The van der Waals surface area contributed by atoms with Crippen LogP contribution < -0.4 is 10.2 Å². The molecule has 7 nitrogen and oxygen atoms in total. The maximum atomic E-state index is 11.9. The fourth-order valence-corrected chi connectivity index (χ4v) is 2.57. The molecule has 1 amide bonds. The molecule has 0 spiro atoms. The minimum Gasteiger partial charge on any atom is -0.483 e. The van der Waals surface area contributed by atoms with Gasteiger partial charge in [0.2, 0.25) is 0 Å². The van der Waals surface area contributed by atoms with Gasteiger partial charge in [-0.05, 0) is 46.5 Å². The third-order valence-electron chi connectivity index (χ3n) is 3.61. The fraction of sp³-hybridized carbons (Fsp3) is 0.222. The lowest BCUT2D eigenvalue weighted by atomic mass is 10.1. The Morgan fingerprint density at radius 1 is 1.27 bits per heavy atom. The van der Waals surface area contributed by atoms with Crippen molar-refractivity contribution in [2.24, 2.45) is 5.10 Å². The summed E-state index contributed by atoms with van der Waals surface area (Å²) in [6.07, 6.45) is 0.961. The van der Waals surface area contributed by atoms with Crippen LogP contribution in [0.25, 0.3) is 0 Å². The molecule has 0 saturated carbocycles. The van der Waals surface area contributed by atoms with Crippen LogP contribution in [0.4, 0.5) is 5.69 Å². The van der Waals surface area contributed by atoms with Gasteiger partial charge in [-0.3, -0.25) is 14.9 Å². The van der Waals surface area contributed by atoms with Gasteiger partial charge in [-0.2, -0.15) is 5.10 Å². The first-order chi connectivity index (χ1) is 12.4. The van der Waals surface area contributed by atoms with Crippen molar-refractivity contribution in [1.82, 2.24) is 5.43 Å². The number of hydrogen-bond donors (Lipinski definition) is 1. The molecule has 8 heteroatoms. The number of rotatable bonds is 7. The van der Waals surface area contributed by atoms with Crippen molar-refractivity contribution < 1.29 is 14.5 Å². The molecule has 0 heterocycles. The number of hydrogen-bond acceptors (Lipinski definition) is 5. The van der Waals surface area contributed by atoms with E-state index >= 15 is 0 Å². The molecule has 0 aliphatic carbocycles. The summed E-state index contributed by atoms with van der Waals surface area (Å²) in [6.45, 7) is 3.62. The zero-order chi connectivity index (χ0) is 19.1. The summed E-state index contributed by atoms with van der Waals surface area (Å²) in [5.74, 6) is -0.0959. The largest absolute Gasteiger partial charge is 0.483 e. The van der Waals surface area contributed by atoms with E-state index in [1.807, 2.05) is 24.3 Å². The van der Waals surface area contributed by atoms with Crippen LogP contribution >= 0.6 is 15.9 Å². The molecule has 0 aliphatic rings. The number of amides is 1. The molecule has 0 atom stereocenters. The molecule has 0 unspecified atom stereocenters. The van der Waals surface area contributed by atoms with Crippen molar-refractivity contribution in [3.63, 3.8) is 0 Å². The second-order valence-corrected chi connectivity index (χ2v) is 6.30. The van der Waals surface area contributed by atoms with Crippen LogP contribution in [-0.2, 0) is 11.2 Å². The Morgan fingerprint density at radius 2 is 1.96 bits per heavy atom. The van der Waals surface area contributed by atoms with E-state index in [2.05, 4.69) is 33.4 Å². The predicted molar refractivity (Wildman–Crippen MR) is 102 cm³/mol. The van der Waals surface area contributed by atoms with Gasteiger partial charge in [0, 0.05) is 12.1 Å². The zero-order valence-corrected chi connectivity index (χ0v) is 15.9. The predicted octanol–water partition coefficient (Wildman–Crippen LogP) is 3.84. The first-order valence-corrected chi connectivity index (χ1v) is 8.69. The molecule has 26 heavy (non-hydrogen) atoms. The first kappa shape index (κ1) is 19.6. The molecule has 0 saturated heterocycles. The first-order valence-electron chi connectivity index (χ1n) is 7.90. The number of non-ortho nitro benzene ring substituents is 1. The number of carbonyl (C=O) groups is 1.